The van der Waals surface area contributed by atoms with E-state index in [0.717, 1.165) is 23.4 Å². The number of rotatable bonds is 2. The van der Waals surface area contributed by atoms with E-state index in [2.05, 4.69) is 19.2 Å². The second-order valence-corrected chi connectivity index (χ2v) is 7.21. The van der Waals surface area contributed by atoms with Crippen LogP contribution in [-0.2, 0) is 14.3 Å². The molecule has 2 aliphatic rings. The molecular weight excluding hydrogens is 266 g/mol. The molecule has 0 aromatic carbocycles. The number of hydrogen-bond acceptors (Lipinski definition) is 4. The molecule has 116 valence electrons. The molecule has 4 nitrogen and oxygen atoms in total. The molecule has 21 heavy (non-hydrogen) atoms. The van der Waals surface area contributed by atoms with Gasteiger partial charge in [-0.15, -0.1) is 0 Å². The number of ketones is 1. The molecule has 1 aliphatic carbocycles. The minimum Gasteiger partial charge on any atom is -0.466 e. The van der Waals surface area contributed by atoms with Crippen molar-refractivity contribution >= 4 is 11.8 Å². The highest BCUT2D eigenvalue weighted by atomic mass is 16.5. The fourth-order valence-corrected chi connectivity index (χ4v) is 3.54. The number of dihydropyridines is 1. The zero-order valence-electron chi connectivity index (χ0n) is 13.8. The van der Waals surface area contributed by atoms with Crippen molar-refractivity contribution in [1.82, 2.24) is 5.32 Å². The Hall–Kier alpha value is -1.58. The van der Waals surface area contributed by atoms with Crippen molar-refractivity contribution in [2.75, 3.05) is 7.11 Å². The first-order chi connectivity index (χ1) is 9.68. The van der Waals surface area contributed by atoms with Gasteiger partial charge in [-0.05, 0) is 24.7 Å². The predicted molar refractivity (Wildman–Crippen MR) is 81.2 cm³/mol. The second kappa shape index (κ2) is 5.32. The topological polar surface area (TPSA) is 55.4 Å². The Balaban J connectivity index is 2.54. The number of carbonyl (C=O) groups excluding carboxylic acids is 2. The number of allylic oxidation sites excluding steroid dienone is 3. The van der Waals surface area contributed by atoms with E-state index in [1.807, 2.05) is 20.8 Å². The number of nitrogens with one attached hydrogen (secondary N) is 1. The summed E-state index contributed by atoms with van der Waals surface area (Å²) in [5, 5.41) is 3.29. The van der Waals surface area contributed by atoms with Crippen LogP contribution >= 0.6 is 0 Å². The van der Waals surface area contributed by atoms with Crippen molar-refractivity contribution in [3.05, 3.63) is 22.5 Å². The number of carbonyl (C=O) groups is 2. The Kier molecular flexibility index (Phi) is 4.00. The largest absolute Gasteiger partial charge is 0.466 e. The highest BCUT2D eigenvalue weighted by Gasteiger charge is 2.43. The van der Waals surface area contributed by atoms with Crippen molar-refractivity contribution in [2.45, 2.75) is 47.5 Å². The van der Waals surface area contributed by atoms with Crippen LogP contribution in [0.15, 0.2) is 22.5 Å². The monoisotopic (exact) mass is 291 g/mol. The summed E-state index contributed by atoms with van der Waals surface area (Å²) in [5.41, 5.74) is 3.15. The lowest BCUT2D eigenvalue weighted by Crippen LogP contribution is -2.40. The molecule has 0 unspecified atom stereocenters. The van der Waals surface area contributed by atoms with Gasteiger partial charge in [-0.1, -0.05) is 27.7 Å². The van der Waals surface area contributed by atoms with Gasteiger partial charge in [0.2, 0.25) is 0 Å². The van der Waals surface area contributed by atoms with Crippen LogP contribution in [0.1, 0.15) is 47.5 Å². The minimum absolute atomic E-state index is 0.0342. The second-order valence-electron chi connectivity index (χ2n) is 7.21. The average Bonchev–Trinajstić information content (AvgIpc) is 2.34. The van der Waals surface area contributed by atoms with E-state index in [0.29, 0.717) is 12.0 Å². The summed E-state index contributed by atoms with van der Waals surface area (Å²) >= 11 is 0. The third-order valence-corrected chi connectivity index (χ3v) is 4.36. The van der Waals surface area contributed by atoms with E-state index in [1.54, 1.807) is 0 Å². The molecule has 0 radical (unpaired) electrons. The maximum absolute atomic E-state index is 12.6. The van der Waals surface area contributed by atoms with Gasteiger partial charge in [0, 0.05) is 29.3 Å². The molecule has 0 aromatic heterocycles. The van der Waals surface area contributed by atoms with Gasteiger partial charge in [-0.3, -0.25) is 4.79 Å². The van der Waals surface area contributed by atoms with Gasteiger partial charge < -0.3 is 10.1 Å². The molecule has 1 N–H and O–H groups in total. The fraction of sp³-hybridized carbons (Fsp3) is 0.647. The van der Waals surface area contributed by atoms with Crippen LogP contribution < -0.4 is 5.32 Å². The first kappa shape index (κ1) is 15.8. The number of Topliss-reactive ketones (excluding diaryl/α,β-unsaturated/α-hetero) is 1. The van der Waals surface area contributed by atoms with E-state index in [4.69, 9.17) is 4.74 Å². The van der Waals surface area contributed by atoms with Crippen molar-refractivity contribution in [2.24, 2.45) is 17.3 Å². The van der Waals surface area contributed by atoms with Crippen LogP contribution in [0.25, 0.3) is 0 Å². The zero-order chi connectivity index (χ0) is 15.9. The number of ether oxygens (including phenoxy) is 1. The van der Waals surface area contributed by atoms with Crippen molar-refractivity contribution in [3.63, 3.8) is 0 Å². The Bertz CT molecular complexity index is 552. The van der Waals surface area contributed by atoms with Gasteiger partial charge >= 0.3 is 5.97 Å². The molecule has 0 bridgehead atoms. The van der Waals surface area contributed by atoms with Gasteiger partial charge in [-0.25, -0.2) is 4.79 Å². The van der Waals surface area contributed by atoms with Gasteiger partial charge in [0.05, 0.1) is 12.7 Å². The lowest BCUT2D eigenvalue weighted by Gasteiger charge is -2.40. The highest BCUT2D eigenvalue weighted by Crippen LogP contribution is 2.45. The molecule has 1 heterocycles. The third kappa shape index (κ3) is 2.76. The number of hydrogen-bond donors (Lipinski definition) is 1. The summed E-state index contributed by atoms with van der Waals surface area (Å²) in [7, 11) is 1.38. The average molecular weight is 291 g/mol. The van der Waals surface area contributed by atoms with Crippen LogP contribution in [0.3, 0.4) is 0 Å². The van der Waals surface area contributed by atoms with E-state index in [-0.39, 0.29) is 29.0 Å². The normalized spacial score (nSPS) is 24.9. The quantitative estimate of drug-likeness (QED) is 0.795. The van der Waals surface area contributed by atoms with Gasteiger partial charge in [0.15, 0.2) is 5.78 Å². The smallest absolute Gasteiger partial charge is 0.336 e. The van der Waals surface area contributed by atoms with Crippen molar-refractivity contribution in [1.29, 1.82) is 0 Å². The zero-order valence-corrected chi connectivity index (χ0v) is 13.8. The maximum atomic E-state index is 12.6. The van der Waals surface area contributed by atoms with Gasteiger partial charge in [0.25, 0.3) is 0 Å². The Labute approximate surface area is 126 Å². The van der Waals surface area contributed by atoms with Crippen LogP contribution in [0, 0.1) is 17.3 Å². The van der Waals surface area contributed by atoms with E-state index < -0.39 is 0 Å². The molecular formula is C17H25NO3. The predicted octanol–water partition coefficient (Wildman–Crippen LogP) is 2.95. The Morgan fingerprint density at radius 3 is 2.48 bits per heavy atom. The van der Waals surface area contributed by atoms with E-state index >= 15 is 0 Å². The third-order valence-electron chi connectivity index (χ3n) is 4.36. The summed E-state index contributed by atoms with van der Waals surface area (Å²) in [6, 6.07) is 0. The molecule has 0 aromatic rings. The number of methoxy groups -OCH3 is 1. The van der Waals surface area contributed by atoms with Crippen LogP contribution in [-0.4, -0.2) is 18.9 Å². The maximum Gasteiger partial charge on any atom is 0.336 e. The molecule has 0 saturated heterocycles. The van der Waals surface area contributed by atoms with Crippen LogP contribution in [0.2, 0.25) is 0 Å². The number of esters is 1. The summed E-state index contributed by atoms with van der Waals surface area (Å²) in [6.07, 6.45) is 1.37. The summed E-state index contributed by atoms with van der Waals surface area (Å²) in [6.45, 7) is 10.2. The summed E-state index contributed by atoms with van der Waals surface area (Å²) in [4.78, 5) is 24.8. The molecule has 0 amide bonds. The fourth-order valence-electron chi connectivity index (χ4n) is 3.54. The SMILES string of the molecule is COC(=O)C1=C(C)NC2=C(C(=O)CC(C)(C)C2)[C@@H]1C(C)C. The molecule has 0 saturated carbocycles. The van der Waals surface area contributed by atoms with Crippen LogP contribution in [0.5, 0.6) is 0 Å². The summed E-state index contributed by atoms with van der Waals surface area (Å²) in [5.74, 6) is -0.187. The van der Waals surface area contributed by atoms with E-state index in [9.17, 15) is 9.59 Å². The molecule has 2 rings (SSSR count). The lowest BCUT2D eigenvalue weighted by molar-refractivity contribution is -0.137. The Morgan fingerprint density at radius 2 is 1.95 bits per heavy atom. The molecule has 0 fully saturated rings. The highest BCUT2D eigenvalue weighted by molar-refractivity contribution is 6.02. The van der Waals surface area contributed by atoms with Gasteiger partial charge in [-0.2, -0.15) is 0 Å². The molecule has 0 spiro atoms. The van der Waals surface area contributed by atoms with Crippen molar-refractivity contribution < 1.29 is 14.3 Å². The van der Waals surface area contributed by atoms with E-state index in [1.165, 1.54) is 7.11 Å². The lowest BCUT2D eigenvalue weighted by atomic mass is 9.67. The Morgan fingerprint density at radius 1 is 1.33 bits per heavy atom. The van der Waals surface area contributed by atoms with Crippen molar-refractivity contribution in [3.8, 4) is 0 Å². The first-order valence-electron chi connectivity index (χ1n) is 7.50. The first-order valence-corrected chi connectivity index (χ1v) is 7.50. The minimum atomic E-state index is -0.345. The van der Waals surface area contributed by atoms with Gasteiger partial charge in [0.1, 0.15) is 0 Å². The molecule has 4 heteroatoms. The van der Waals surface area contributed by atoms with Crippen LogP contribution in [0.4, 0.5) is 0 Å². The molecule has 1 aliphatic heterocycles. The summed E-state index contributed by atoms with van der Waals surface area (Å²) < 4.78 is 4.93. The standard InChI is InChI=1S/C17H25NO3/c1-9(2)13-14(16(20)21-6)10(3)18-11-7-17(4,5)8-12(19)15(11)13/h9,13,18H,7-8H2,1-6H3/t13-/m1/s1. The molecule has 1 atom stereocenters.